The lowest BCUT2D eigenvalue weighted by atomic mass is 9.95. The molecule has 1 aromatic carbocycles. The molecule has 29 heavy (non-hydrogen) atoms. The molecule has 0 unspecified atom stereocenters. The number of piperidine rings is 1. The zero-order valence-electron chi connectivity index (χ0n) is 16.4. The number of carbonyl (C=O) groups excluding carboxylic acids is 2. The Morgan fingerprint density at radius 2 is 1.66 bits per heavy atom. The van der Waals surface area contributed by atoms with Gasteiger partial charge in [0.15, 0.2) is 0 Å². The summed E-state index contributed by atoms with van der Waals surface area (Å²) in [4.78, 5) is 27.5. The molecule has 10 heteroatoms. The Morgan fingerprint density at radius 1 is 1.03 bits per heavy atom. The van der Waals surface area contributed by atoms with Gasteiger partial charge in [0.25, 0.3) is 0 Å². The topological polar surface area (TPSA) is 87.2 Å². The van der Waals surface area contributed by atoms with E-state index < -0.39 is 15.8 Å². The van der Waals surface area contributed by atoms with Gasteiger partial charge in [-0.2, -0.15) is 4.31 Å². The van der Waals surface area contributed by atoms with E-state index in [-0.39, 0.29) is 49.0 Å². The summed E-state index contributed by atoms with van der Waals surface area (Å²) in [5.41, 5.74) is 0. The van der Waals surface area contributed by atoms with Crippen molar-refractivity contribution in [2.24, 2.45) is 5.92 Å². The number of hydrogen-bond acceptors (Lipinski definition) is 5. The molecule has 2 saturated heterocycles. The number of piperazine rings is 1. The molecule has 0 aromatic heterocycles. The lowest BCUT2D eigenvalue weighted by Crippen LogP contribution is -2.53. The van der Waals surface area contributed by atoms with E-state index in [9.17, 15) is 22.4 Å². The van der Waals surface area contributed by atoms with Crippen LogP contribution in [0.3, 0.4) is 0 Å². The zero-order valence-corrected chi connectivity index (χ0v) is 17.2. The molecule has 0 radical (unpaired) electrons. The molecular formula is C19H26FN3O5S. The maximum atomic E-state index is 13.9. The SMILES string of the molecule is CCOC(=O)N1CCC(C(=O)N2CCN(S(=O)(=O)c3ccccc3F)CC2)CC1. The summed E-state index contributed by atoms with van der Waals surface area (Å²) in [6.45, 7) is 3.80. The van der Waals surface area contributed by atoms with Gasteiger partial charge in [-0.15, -0.1) is 0 Å². The molecule has 2 fully saturated rings. The highest BCUT2D eigenvalue weighted by Crippen LogP contribution is 2.23. The van der Waals surface area contributed by atoms with Crippen LogP contribution in [0, 0.1) is 11.7 Å². The van der Waals surface area contributed by atoms with Gasteiger partial charge in [-0.3, -0.25) is 4.79 Å². The zero-order chi connectivity index (χ0) is 21.0. The number of amides is 2. The molecule has 0 aliphatic carbocycles. The van der Waals surface area contributed by atoms with Crippen molar-refractivity contribution >= 4 is 22.0 Å². The average molecular weight is 427 g/mol. The number of carbonyl (C=O) groups is 2. The van der Waals surface area contributed by atoms with Crippen LogP contribution < -0.4 is 0 Å². The molecule has 1 aromatic rings. The third-order valence-electron chi connectivity index (χ3n) is 5.37. The summed E-state index contributed by atoms with van der Waals surface area (Å²) in [5, 5.41) is 0. The first-order chi connectivity index (χ1) is 13.8. The highest BCUT2D eigenvalue weighted by molar-refractivity contribution is 7.89. The maximum absolute atomic E-state index is 13.9. The summed E-state index contributed by atoms with van der Waals surface area (Å²) in [5.74, 6) is -0.980. The molecule has 2 aliphatic heterocycles. The summed E-state index contributed by atoms with van der Waals surface area (Å²) in [6, 6.07) is 5.30. The van der Waals surface area contributed by atoms with Crippen LogP contribution in [0.2, 0.25) is 0 Å². The van der Waals surface area contributed by atoms with E-state index in [2.05, 4.69) is 0 Å². The van der Waals surface area contributed by atoms with Gasteiger partial charge in [0.2, 0.25) is 15.9 Å². The largest absolute Gasteiger partial charge is 0.450 e. The van der Waals surface area contributed by atoms with E-state index in [4.69, 9.17) is 4.74 Å². The molecule has 0 N–H and O–H groups in total. The normalized spacial score (nSPS) is 19.2. The number of hydrogen-bond donors (Lipinski definition) is 0. The Bertz CT molecular complexity index is 847. The fraction of sp³-hybridized carbons (Fsp3) is 0.579. The minimum absolute atomic E-state index is 0.0172. The lowest BCUT2D eigenvalue weighted by molar-refractivity contribution is -0.138. The van der Waals surface area contributed by atoms with Crippen LogP contribution in [-0.4, -0.2) is 80.4 Å². The quantitative estimate of drug-likeness (QED) is 0.727. The van der Waals surface area contributed by atoms with Gasteiger partial charge in [0.1, 0.15) is 10.7 Å². The van der Waals surface area contributed by atoms with Gasteiger partial charge in [-0.1, -0.05) is 12.1 Å². The highest BCUT2D eigenvalue weighted by Gasteiger charge is 2.35. The first-order valence-electron chi connectivity index (χ1n) is 9.79. The highest BCUT2D eigenvalue weighted by atomic mass is 32.2. The van der Waals surface area contributed by atoms with Gasteiger partial charge >= 0.3 is 6.09 Å². The first-order valence-corrected chi connectivity index (χ1v) is 11.2. The van der Waals surface area contributed by atoms with Gasteiger partial charge in [-0.05, 0) is 31.9 Å². The predicted octanol–water partition coefficient (Wildman–Crippen LogP) is 1.53. The van der Waals surface area contributed by atoms with Crippen LogP contribution in [0.4, 0.5) is 9.18 Å². The molecule has 0 saturated carbocycles. The van der Waals surface area contributed by atoms with Crippen molar-refractivity contribution in [3.05, 3.63) is 30.1 Å². The fourth-order valence-electron chi connectivity index (χ4n) is 3.72. The monoisotopic (exact) mass is 427 g/mol. The molecule has 2 amide bonds. The van der Waals surface area contributed by atoms with Gasteiger partial charge < -0.3 is 14.5 Å². The summed E-state index contributed by atoms with van der Waals surface area (Å²) < 4.78 is 45.5. The maximum Gasteiger partial charge on any atom is 0.409 e. The van der Waals surface area contributed by atoms with Crippen molar-refractivity contribution in [2.75, 3.05) is 45.9 Å². The van der Waals surface area contributed by atoms with Crippen molar-refractivity contribution in [2.45, 2.75) is 24.7 Å². The van der Waals surface area contributed by atoms with E-state index >= 15 is 0 Å². The molecule has 2 heterocycles. The second kappa shape index (κ2) is 9.08. The standard InChI is InChI=1S/C19H26FN3O5S/c1-2-28-19(25)22-9-7-15(8-10-22)18(24)21-11-13-23(14-12-21)29(26,27)17-6-4-3-5-16(17)20/h3-6,15H,2,7-14H2,1H3. The minimum Gasteiger partial charge on any atom is -0.450 e. The predicted molar refractivity (Wildman–Crippen MR) is 103 cm³/mol. The molecule has 0 bridgehead atoms. The number of ether oxygens (including phenoxy) is 1. The van der Waals surface area contributed by atoms with Crippen molar-refractivity contribution in [3.8, 4) is 0 Å². The number of benzene rings is 1. The number of sulfonamides is 1. The molecule has 2 aliphatic rings. The van der Waals surface area contributed by atoms with E-state index in [1.54, 1.807) is 16.7 Å². The number of nitrogens with zero attached hydrogens (tertiary/aromatic N) is 3. The van der Waals surface area contributed by atoms with E-state index in [0.29, 0.717) is 32.5 Å². The molecular weight excluding hydrogens is 401 g/mol. The van der Waals surface area contributed by atoms with E-state index in [1.165, 1.54) is 22.5 Å². The van der Waals surface area contributed by atoms with Crippen LogP contribution in [0.1, 0.15) is 19.8 Å². The molecule has 8 nitrogen and oxygen atoms in total. The van der Waals surface area contributed by atoms with Crippen LogP contribution in [0.15, 0.2) is 29.2 Å². The number of rotatable bonds is 4. The number of halogens is 1. The smallest absolute Gasteiger partial charge is 0.409 e. The van der Waals surface area contributed by atoms with Crippen LogP contribution in [0.25, 0.3) is 0 Å². The summed E-state index contributed by atoms with van der Waals surface area (Å²) >= 11 is 0. The van der Waals surface area contributed by atoms with Crippen molar-refractivity contribution < 1.29 is 27.1 Å². The first kappa shape index (κ1) is 21.5. The van der Waals surface area contributed by atoms with Crippen LogP contribution >= 0.6 is 0 Å². The Labute approximate surface area is 170 Å². The van der Waals surface area contributed by atoms with Crippen LogP contribution in [0.5, 0.6) is 0 Å². The molecule has 0 spiro atoms. The van der Waals surface area contributed by atoms with E-state index in [1.807, 2.05) is 0 Å². The van der Waals surface area contributed by atoms with Crippen LogP contribution in [-0.2, 0) is 19.6 Å². The van der Waals surface area contributed by atoms with Crippen molar-refractivity contribution in [3.63, 3.8) is 0 Å². The summed E-state index contributed by atoms with van der Waals surface area (Å²) in [6.07, 6.45) is 0.766. The Kier molecular flexibility index (Phi) is 6.74. The molecule has 160 valence electrons. The summed E-state index contributed by atoms with van der Waals surface area (Å²) in [7, 11) is -3.93. The lowest BCUT2D eigenvalue weighted by Gasteiger charge is -2.37. The third kappa shape index (κ3) is 4.69. The Hall–Kier alpha value is -2.20. The molecule has 3 rings (SSSR count). The fourth-order valence-corrected chi connectivity index (χ4v) is 5.21. The van der Waals surface area contributed by atoms with Crippen molar-refractivity contribution in [1.29, 1.82) is 0 Å². The molecule has 0 atom stereocenters. The van der Waals surface area contributed by atoms with Crippen molar-refractivity contribution in [1.82, 2.24) is 14.1 Å². The minimum atomic E-state index is -3.93. The number of likely N-dealkylation sites (tertiary alicyclic amines) is 1. The Morgan fingerprint density at radius 3 is 2.24 bits per heavy atom. The third-order valence-corrected chi connectivity index (χ3v) is 7.31. The van der Waals surface area contributed by atoms with Gasteiger partial charge in [-0.25, -0.2) is 17.6 Å². The van der Waals surface area contributed by atoms with Gasteiger partial charge in [0, 0.05) is 45.2 Å². The van der Waals surface area contributed by atoms with E-state index in [0.717, 1.165) is 6.07 Å². The average Bonchev–Trinajstić information content (AvgIpc) is 2.74. The Balaban J connectivity index is 1.54. The second-order valence-corrected chi connectivity index (χ2v) is 9.03. The van der Waals surface area contributed by atoms with Gasteiger partial charge in [0.05, 0.1) is 6.61 Å². The second-order valence-electron chi connectivity index (χ2n) is 7.12.